The molecule has 3 fully saturated rings. The Kier molecular flexibility index (Phi) is 11.7. The van der Waals surface area contributed by atoms with E-state index in [4.69, 9.17) is 14.2 Å². The number of pyridine rings is 1. The van der Waals surface area contributed by atoms with Crippen LogP contribution in [0.2, 0.25) is 0 Å². The zero-order valence-electron chi connectivity index (χ0n) is 31.5. The molecule has 1 saturated heterocycles. The summed E-state index contributed by atoms with van der Waals surface area (Å²) in [6.07, 6.45) is 3.53. The number of sulfonamides is 1. The van der Waals surface area contributed by atoms with Gasteiger partial charge in [-0.05, 0) is 96.0 Å². The summed E-state index contributed by atoms with van der Waals surface area (Å²) in [7, 11) is -2.38. The van der Waals surface area contributed by atoms with Crippen LogP contribution in [0.1, 0.15) is 73.1 Å². The number of carbonyl (C=O) groups excluding carboxylic acids is 5. The van der Waals surface area contributed by atoms with E-state index in [9.17, 15) is 32.4 Å². The average Bonchev–Trinajstić information content (AvgIpc) is 4.02. The number of ketones is 1. The molecule has 5 rings (SSSR count). The monoisotopic (exact) mass is 767 g/mol. The lowest BCUT2D eigenvalue weighted by Gasteiger charge is -2.30. The molecule has 16 heteroatoms. The second-order valence-corrected chi connectivity index (χ2v) is 17.3. The van der Waals surface area contributed by atoms with Crippen molar-refractivity contribution in [3.05, 3.63) is 54.8 Å². The number of likely N-dealkylation sites (tertiary alicyclic amines) is 1. The van der Waals surface area contributed by atoms with Crippen molar-refractivity contribution in [3.63, 3.8) is 0 Å². The highest BCUT2D eigenvalue weighted by Crippen LogP contribution is 2.45. The van der Waals surface area contributed by atoms with Gasteiger partial charge in [0, 0.05) is 30.3 Å². The maximum absolute atomic E-state index is 14.5. The van der Waals surface area contributed by atoms with Crippen LogP contribution in [0.5, 0.6) is 11.6 Å². The number of fused-ring (bicyclic) bond motifs is 1. The fraction of sp³-hybridized carbons (Fsp3) is 0.526. The van der Waals surface area contributed by atoms with Gasteiger partial charge in [-0.3, -0.25) is 23.9 Å². The molecule has 1 aromatic heterocycles. The number of carbonyl (C=O) groups is 5. The van der Waals surface area contributed by atoms with Crippen molar-refractivity contribution in [2.45, 2.75) is 108 Å². The van der Waals surface area contributed by atoms with Gasteiger partial charge in [-0.2, -0.15) is 0 Å². The van der Waals surface area contributed by atoms with E-state index in [1.807, 2.05) is 6.07 Å². The number of rotatable bonds is 15. The largest absolute Gasteiger partial charge is 0.497 e. The third kappa shape index (κ3) is 9.56. The van der Waals surface area contributed by atoms with Crippen molar-refractivity contribution < 1.29 is 46.6 Å². The van der Waals surface area contributed by atoms with Gasteiger partial charge in [-0.25, -0.2) is 18.2 Å². The summed E-state index contributed by atoms with van der Waals surface area (Å²) in [5.74, 6) is -2.24. The molecule has 0 radical (unpaired) electrons. The topological polar surface area (TPSA) is 199 Å². The molecule has 0 unspecified atom stereocenters. The van der Waals surface area contributed by atoms with Crippen LogP contribution in [0, 0.1) is 5.92 Å². The van der Waals surface area contributed by atoms with E-state index in [1.54, 1.807) is 66.1 Å². The molecule has 3 aliphatic rings. The first-order valence-electron chi connectivity index (χ1n) is 17.9. The molecule has 1 aliphatic heterocycles. The number of methoxy groups -OCH3 is 1. The first kappa shape index (κ1) is 40.2. The standard InChI is InChI=1S/C38H49N5O10S/c1-8-24-20-38(24,35(47)42-54(49,50)28-11-12-28)41-32(45)31-19-27(52-33-29-13-10-26(51-7)18-23(29)15-16-39-33)21-43(31)34(46)30(14-9-25(44)17-22(2)3)40-36(48)53-37(4,5)6/h8,10,13,15-18,24,27-28,30-31H,1,9,11-12,14,19-21H2,2-7H3,(H,40,48)(H,41,45)(H,42,47)/t24-,27+,30-,31-,38+/m0/s1. The first-order chi connectivity index (χ1) is 25.4. The number of nitrogens with zero attached hydrogens (tertiary/aromatic N) is 2. The number of aromatic nitrogens is 1. The van der Waals surface area contributed by atoms with Gasteiger partial charge in [0.25, 0.3) is 5.91 Å². The maximum atomic E-state index is 14.5. The van der Waals surface area contributed by atoms with Crippen molar-refractivity contribution in [2.24, 2.45) is 5.92 Å². The van der Waals surface area contributed by atoms with Gasteiger partial charge in [0.15, 0.2) is 5.78 Å². The molecule has 54 heavy (non-hydrogen) atoms. The highest BCUT2D eigenvalue weighted by atomic mass is 32.2. The molecule has 15 nitrogen and oxygen atoms in total. The Hall–Kier alpha value is -4.99. The van der Waals surface area contributed by atoms with Gasteiger partial charge in [0.1, 0.15) is 35.1 Å². The van der Waals surface area contributed by atoms with Crippen molar-refractivity contribution in [1.29, 1.82) is 0 Å². The summed E-state index contributed by atoms with van der Waals surface area (Å²) in [6.45, 7) is 12.1. The molecule has 1 aromatic carbocycles. The molecule has 292 valence electrons. The van der Waals surface area contributed by atoms with Crippen LogP contribution in [0.4, 0.5) is 4.79 Å². The Labute approximate surface area is 315 Å². The number of nitrogens with one attached hydrogen (secondary N) is 3. The lowest BCUT2D eigenvalue weighted by Crippen LogP contribution is -2.58. The molecule has 0 spiro atoms. The zero-order chi connectivity index (χ0) is 39.6. The van der Waals surface area contributed by atoms with Gasteiger partial charge in [-0.1, -0.05) is 11.6 Å². The summed E-state index contributed by atoms with van der Waals surface area (Å²) in [4.78, 5) is 73.6. The van der Waals surface area contributed by atoms with Crippen LogP contribution in [0.25, 0.3) is 10.8 Å². The third-order valence-corrected chi connectivity index (χ3v) is 11.2. The Morgan fingerprint density at radius 3 is 2.46 bits per heavy atom. The Morgan fingerprint density at radius 2 is 1.85 bits per heavy atom. The van der Waals surface area contributed by atoms with Crippen molar-refractivity contribution in [1.82, 2.24) is 25.2 Å². The third-order valence-electron chi connectivity index (χ3n) is 9.43. The number of alkyl carbamates (subject to hydrolysis) is 1. The summed E-state index contributed by atoms with van der Waals surface area (Å²) in [5.41, 5.74) is -1.73. The second kappa shape index (κ2) is 15.8. The van der Waals surface area contributed by atoms with Gasteiger partial charge < -0.3 is 29.7 Å². The van der Waals surface area contributed by atoms with Gasteiger partial charge in [0.05, 0.1) is 18.9 Å². The van der Waals surface area contributed by atoms with Crippen molar-refractivity contribution >= 4 is 50.4 Å². The van der Waals surface area contributed by atoms with Crippen molar-refractivity contribution in [3.8, 4) is 11.6 Å². The maximum Gasteiger partial charge on any atom is 0.408 e. The second-order valence-electron chi connectivity index (χ2n) is 15.3. The number of benzene rings is 1. The number of ether oxygens (including phenoxy) is 3. The van der Waals surface area contributed by atoms with Crippen LogP contribution in [-0.2, 0) is 33.9 Å². The highest BCUT2D eigenvalue weighted by molar-refractivity contribution is 7.91. The number of amides is 4. The van der Waals surface area contributed by atoms with E-state index in [0.717, 1.165) is 11.0 Å². The molecular formula is C38H49N5O10S. The van der Waals surface area contributed by atoms with E-state index < -0.39 is 74.3 Å². The van der Waals surface area contributed by atoms with Crippen LogP contribution in [0.15, 0.2) is 54.8 Å². The fourth-order valence-corrected chi connectivity index (χ4v) is 7.85. The average molecular weight is 768 g/mol. The Balaban J connectivity index is 1.45. The number of allylic oxidation sites excluding steroid dienone is 2. The minimum atomic E-state index is -3.93. The van der Waals surface area contributed by atoms with E-state index in [-0.39, 0.29) is 43.9 Å². The first-order valence-corrected chi connectivity index (χ1v) is 19.5. The lowest BCUT2D eigenvalue weighted by molar-refractivity contribution is -0.141. The zero-order valence-corrected chi connectivity index (χ0v) is 32.3. The van der Waals surface area contributed by atoms with Gasteiger partial charge in [0.2, 0.25) is 27.7 Å². The van der Waals surface area contributed by atoms with Crippen LogP contribution in [0.3, 0.4) is 0 Å². The Bertz CT molecular complexity index is 1970. The fourth-order valence-electron chi connectivity index (χ4n) is 6.49. The lowest BCUT2D eigenvalue weighted by atomic mass is 10.1. The van der Waals surface area contributed by atoms with Gasteiger partial charge in [-0.15, -0.1) is 6.58 Å². The van der Waals surface area contributed by atoms with Crippen molar-refractivity contribution in [2.75, 3.05) is 13.7 Å². The van der Waals surface area contributed by atoms with E-state index in [2.05, 4.69) is 26.9 Å². The molecule has 2 aliphatic carbocycles. The minimum absolute atomic E-state index is 0.0432. The highest BCUT2D eigenvalue weighted by Gasteiger charge is 2.62. The predicted octanol–water partition coefficient (Wildman–Crippen LogP) is 3.47. The Morgan fingerprint density at radius 1 is 1.13 bits per heavy atom. The normalized spacial score (nSPS) is 22.7. The molecule has 2 saturated carbocycles. The molecule has 5 atom stereocenters. The van der Waals surface area contributed by atoms with Crippen LogP contribution in [-0.4, -0.2) is 96.1 Å². The molecule has 3 N–H and O–H groups in total. The summed E-state index contributed by atoms with van der Waals surface area (Å²) in [5, 5.41) is 6.10. The molecular weight excluding hydrogens is 719 g/mol. The van der Waals surface area contributed by atoms with E-state index in [0.29, 0.717) is 24.0 Å². The molecule has 2 aromatic rings. The van der Waals surface area contributed by atoms with E-state index in [1.165, 1.54) is 17.1 Å². The molecule has 4 amide bonds. The SMILES string of the molecule is C=C[C@H]1C[C@]1(NC(=O)[C@@H]1C[C@@H](Oc2nccc3cc(OC)ccc23)CN1C(=O)[C@H](CCC(=O)C=C(C)C)NC(=O)OC(C)(C)C)C(=O)NS(=O)(=O)C1CC1. The molecule has 2 heterocycles. The predicted molar refractivity (Wildman–Crippen MR) is 199 cm³/mol. The van der Waals surface area contributed by atoms with Crippen LogP contribution >= 0.6 is 0 Å². The summed E-state index contributed by atoms with van der Waals surface area (Å²) < 4.78 is 44.6. The number of hydrogen-bond donors (Lipinski definition) is 3. The van der Waals surface area contributed by atoms with E-state index >= 15 is 0 Å². The molecule has 0 bridgehead atoms. The van der Waals surface area contributed by atoms with Gasteiger partial charge >= 0.3 is 6.09 Å². The minimum Gasteiger partial charge on any atom is -0.497 e. The summed E-state index contributed by atoms with van der Waals surface area (Å²) in [6, 6.07) is 4.62. The number of hydrogen-bond acceptors (Lipinski definition) is 11. The summed E-state index contributed by atoms with van der Waals surface area (Å²) >= 11 is 0. The quantitative estimate of drug-likeness (QED) is 0.177. The van der Waals surface area contributed by atoms with Crippen LogP contribution < -0.4 is 24.8 Å². The smallest absolute Gasteiger partial charge is 0.408 e.